The molecule has 2 heterocycles. The van der Waals surface area contributed by atoms with Gasteiger partial charge in [-0.1, -0.05) is 57.5 Å². The van der Waals surface area contributed by atoms with Crippen molar-refractivity contribution in [2.24, 2.45) is 0 Å². The fourth-order valence-electron chi connectivity index (χ4n) is 2.81. The maximum atomic E-state index is 13.2. The first-order valence-electron chi connectivity index (χ1n) is 8.70. The Kier molecular flexibility index (Phi) is 5.30. The zero-order chi connectivity index (χ0) is 19.3. The first-order valence-corrected chi connectivity index (χ1v) is 9.49. The lowest BCUT2D eigenvalue weighted by Gasteiger charge is -2.21. The Morgan fingerprint density at radius 3 is 2.43 bits per heavy atom. The summed E-state index contributed by atoms with van der Waals surface area (Å²) in [4.78, 5) is 19.2. The lowest BCUT2D eigenvalue weighted by Crippen LogP contribution is -2.31. The molecular formula is C22H16BrN3O2. The Labute approximate surface area is 170 Å². The van der Waals surface area contributed by atoms with Gasteiger partial charge in [-0.3, -0.25) is 9.78 Å². The van der Waals surface area contributed by atoms with Crippen molar-refractivity contribution in [1.29, 1.82) is 0 Å². The van der Waals surface area contributed by atoms with E-state index in [1.54, 1.807) is 17.2 Å². The van der Waals surface area contributed by atoms with Crippen LogP contribution in [0.3, 0.4) is 0 Å². The number of pyridine rings is 1. The van der Waals surface area contributed by atoms with Crippen molar-refractivity contribution >= 4 is 27.5 Å². The fourth-order valence-corrected chi connectivity index (χ4v) is 3.07. The third kappa shape index (κ3) is 4.02. The van der Waals surface area contributed by atoms with E-state index in [-0.39, 0.29) is 11.6 Å². The van der Waals surface area contributed by atoms with E-state index < -0.39 is 0 Å². The number of amides is 1. The average molecular weight is 434 g/mol. The summed E-state index contributed by atoms with van der Waals surface area (Å²) in [7, 11) is 0. The first-order chi connectivity index (χ1) is 13.7. The Morgan fingerprint density at radius 2 is 1.71 bits per heavy atom. The zero-order valence-corrected chi connectivity index (χ0v) is 16.4. The normalized spacial score (nSPS) is 10.6. The van der Waals surface area contributed by atoms with Gasteiger partial charge in [-0.25, -0.2) is 0 Å². The molecule has 5 nitrogen and oxygen atoms in total. The number of hydrogen-bond donors (Lipinski definition) is 0. The molecule has 0 aliphatic rings. The Morgan fingerprint density at radius 1 is 0.964 bits per heavy atom. The largest absolute Gasteiger partial charge is 0.355 e. The van der Waals surface area contributed by atoms with Crippen molar-refractivity contribution in [2.45, 2.75) is 6.54 Å². The van der Waals surface area contributed by atoms with Gasteiger partial charge in [0.15, 0.2) is 11.5 Å². The molecule has 0 aliphatic heterocycles. The molecule has 0 spiro atoms. The molecule has 0 radical (unpaired) electrons. The minimum Gasteiger partial charge on any atom is -0.355 e. The number of aromatic nitrogens is 2. The lowest BCUT2D eigenvalue weighted by molar-refractivity contribution is 0.0976. The Bertz CT molecular complexity index is 1060. The number of nitrogens with zero attached hydrogens (tertiary/aromatic N) is 3. The second kappa shape index (κ2) is 8.19. The van der Waals surface area contributed by atoms with E-state index in [1.807, 2.05) is 72.8 Å². The van der Waals surface area contributed by atoms with Crippen LogP contribution in [-0.2, 0) is 6.54 Å². The number of carbonyl (C=O) groups excluding carboxylic acids is 1. The molecule has 0 fully saturated rings. The van der Waals surface area contributed by atoms with Gasteiger partial charge in [-0.05, 0) is 36.4 Å². The molecule has 2 aromatic heterocycles. The molecule has 4 rings (SSSR count). The number of benzene rings is 2. The summed E-state index contributed by atoms with van der Waals surface area (Å²) in [5.74, 6) is 0.302. The lowest BCUT2D eigenvalue weighted by atomic mass is 10.1. The second-order valence-corrected chi connectivity index (χ2v) is 7.05. The van der Waals surface area contributed by atoms with Gasteiger partial charge in [0.2, 0.25) is 0 Å². The number of hydrogen-bond acceptors (Lipinski definition) is 4. The molecular weight excluding hydrogens is 418 g/mol. The van der Waals surface area contributed by atoms with E-state index in [9.17, 15) is 4.79 Å². The Hall–Kier alpha value is -3.25. The van der Waals surface area contributed by atoms with Crippen LogP contribution in [0.2, 0.25) is 0 Å². The maximum Gasteiger partial charge on any atom is 0.280 e. The van der Waals surface area contributed by atoms with E-state index in [1.165, 1.54) is 0 Å². The highest BCUT2D eigenvalue weighted by Crippen LogP contribution is 2.24. The molecule has 0 aliphatic carbocycles. The first kappa shape index (κ1) is 18.1. The molecule has 0 atom stereocenters. The van der Waals surface area contributed by atoms with Crippen molar-refractivity contribution in [3.63, 3.8) is 0 Å². The van der Waals surface area contributed by atoms with E-state index in [4.69, 9.17) is 4.52 Å². The van der Waals surface area contributed by atoms with Crippen LogP contribution in [0.1, 0.15) is 16.2 Å². The highest BCUT2D eigenvalue weighted by atomic mass is 79.9. The van der Waals surface area contributed by atoms with Crippen LogP contribution in [0, 0.1) is 0 Å². The van der Waals surface area contributed by atoms with E-state index >= 15 is 0 Å². The summed E-state index contributed by atoms with van der Waals surface area (Å²) < 4.78 is 6.35. The predicted molar refractivity (Wildman–Crippen MR) is 111 cm³/mol. The summed E-state index contributed by atoms with van der Waals surface area (Å²) in [6, 6.07) is 24.4. The second-order valence-electron chi connectivity index (χ2n) is 6.13. The van der Waals surface area contributed by atoms with Crippen molar-refractivity contribution in [3.8, 4) is 11.3 Å². The SMILES string of the molecule is O=C(c1cc(-c2ccccc2)on1)N(Cc1ccccn1)c1ccc(Br)cc1. The van der Waals surface area contributed by atoms with Crippen LogP contribution < -0.4 is 4.90 Å². The smallest absolute Gasteiger partial charge is 0.280 e. The molecule has 6 heteroatoms. The van der Waals surface area contributed by atoms with Crippen molar-refractivity contribution in [3.05, 3.63) is 101 Å². The molecule has 28 heavy (non-hydrogen) atoms. The third-order valence-electron chi connectivity index (χ3n) is 4.22. The minimum atomic E-state index is -0.251. The van der Waals surface area contributed by atoms with Gasteiger partial charge in [0.25, 0.3) is 5.91 Å². The third-order valence-corrected chi connectivity index (χ3v) is 4.75. The summed E-state index contributed by atoms with van der Waals surface area (Å²) in [5, 5.41) is 4.00. The summed E-state index contributed by atoms with van der Waals surface area (Å²) in [6.07, 6.45) is 1.71. The minimum absolute atomic E-state index is 0.248. The standard InChI is InChI=1S/C22H16BrN3O2/c23-17-9-11-19(12-10-17)26(15-18-8-4-5-13-24-18)22(27)20-14-21(28-25-20)16-6-2-1-3-7-16/h1-14H,15H2. The number of rotatable bonds is 5. The molecule has 0 saturated carbocycles. The summed E-state index contributed by atoms with van der Waals surface area (Å²) in [6.45, 7) is 0.328. The van der Waals surface area contributed by atoms with Gasteiger partial charge in [0, 0.05) is 28.0 Å². The predicted octanol–water partition coefficient (Wildman–Crippen LogP) is 5.35. The summed E-state index contributed by atoms with van der Waals surface area (Å²) >= 11 is 3.43. The van der Waals surface area contributed by atoms with Crippen molar-refractivity contribution in [2.75, 3.05) is 4.90 Å². The molecule has 1 amide bonds. The van der Waals surface area contributed by atoms with Crippen LogP contribution in [0.15, 0.2) is 94.1 Å². The van der Waals surface area contributed by atoms with Crippen LogP contribution in [-0.4, -0.2) is 16.0 Å². The van der Waals surface area contributed by atoms with Gasteiger partial charge < -0.3 is 9.42 Å². The quantitative estimate of drug-likeness (QED) is 0.425. The number of halogens is 1. The Balaban J connectivity index is 1.67. The molecule has 0 N–H and O–H groups in total. The van der Waals surface area contributed by atoms with Crippen LogP contribution >= 0.6 is 15.9 Å². The van der Waals surface area contributed by atoms with Gasteiger partial charge in [0.05, 0.1) is 12.2 Å². The van der Waals surface area contributed by atoms with Gasteiger partial charge in [0.1, 0.15) is 0 Å². The van der Waals surface area contributed by atoms with Crippen molar-refractivity contribution < 1.29 is 9.32 Å². The number of carbonyl (C=O) groups is 1. The van der Waals surface area contributed by atoms with Gasteiger partial charge in [-0.15, -0.1) is 0 Å². The molecule has 4 aromatic rings. The van der Waals surface area contributed by atoms with Crippen LogP contribution in [0.25, 0.3) is 11.3 Å². The van der Waals surface area contributed by atoms with E-state index in [0.717, 1.165) is 21.4 Å². The molecule has 0 unspecified atom stereocenters. The molecule has 0 saturated heterocycles. The van der Waals surface area contributed by atoms with Gasteiger partial charge in [-0.2, -0.15) is 0 Å². The number of anilines is 1. The topological polar surface area (TPSA) is 59.2 Å². The van der Waals surface area contributed by atoms with Crippen LogP contribution in [0.5, 0.6) is 0 Å². The average Bonchev–Trinajstić information content (AvgIpc) is 3.24. The summed E-state index contributed by atoms with van der Waals surface area (Å²) in [5.41, 5.74) is 2.65. The highest BCUT2D eigenvalue weighted by molar-refractivity contribution is 9.10. The maximum absolute atomic E-state index is 13.2. The van der Waals surface area contributed by atoms with Crippen LogP contribution in [0.4, 0.5) is 5.69 Å². The van der Waals surface area contributed by atoms with Gasteiger partial charge >= 0.3 is 0 Å². The fraction of sp³-hybridized carbons (Fsp3) is 0.0455. The van der Waals surface area contributed by atoms with Crippen molar-refractivity contribution in [1.82, 2.24) is 10.1 Å². The molecule has 2 aromatic carbocycles. The molecule has 138 valence electrons. The molecule has 0 bridgehead atoms. The zero-order valence-electron chi connectivity index (χ0n) is 14.8. The van der Waals surface area contributed by atoms with E-state index in [2.05, 4.69) is 26.1 Å². The van der Waals surface area contributed by atoms with E-state index in [0.29, 0.717) is 12.3 Å². The highest BCUT2D eigenvalue weighted by Gasteiger charge is 2.22. The monoisotopic (exact) mass is 433 g/mol.